The average molecular weight is 627 g/mol. The molecule has 0 spiro atoms. The Hall–Kier alpha value is -3.65. The van der Waals surface area contributed by atoms with Crippen molar-refractivity contribution in [2.24, 2.45) is 5.92 Å². The predicted molar refractivity (Wildman–Crippen MR) is 134 cm³/mol. The van der Waals surface area contributed by atoms with Gasteiger partial charge >= 0.3 is 30.7 Å². The van der Waals surface area contributed by atoms with E-state index in [0.29, 0.717) is 31.0 Å². The molecule has 15 heteroatoms. The summed E-state index contributed by atoms with van der Waals surface area (Å²) in [6.07, 6.45) is -15.3. The van der Waals surface area contributed by atoms with E-state index >= 15 is 0 Å². The summed E-state index contributed by atoms with van der Waals surface area (Å²) in [7, 11) is 0.923. The van der Waals surface area contributed by atoms with E-state index in [9.17, 15) is 49.1 Å². The zero-order valence-electron chi connectivity index (χ0n) is 22.9. The van der Waals surface area contributed by atoms with E-state index in [0.717, 1.165) is 30.6 Å². The number of hydrogen-bond acceptors (Lipinski definition) is 4. The number of amides is 2. The smallest absolute Gasteiger partial charge is 0.416 e. The Morgan fingerprint density at radius 2 is 1.47 bits per heavy atom. The molecule has 6 nitrogen and oxygen atoms in total. The highest BCUT2D eigenvalue weighted by atomic mass is 19.4. The van der Waals surface area contributed by atoms with Crippen molar-refractivity contribution < 1.29 is 58.6 Å². The fourth-order valence-electron chi connectivity index (χ4n) is 5.53. The molecule has 4 rings (SSSR count). The molecular formula is C28H27F9N2O4. The third kappa shape index (κ3) is 6.80. The highest BCUT2D eigenvalue weighted by Gasteiger charge is 2.46. The van der Waals surface area contributed by atoms with E-state index in [1.807, 2.05) is 0 Å². The minimum atomic E-state index is -5.17. The summed E-state index contributed by atoms with van der Waals surface area (Å²) in [5.74, 6) is -0.146. The van der Waals surface area contributed by atoms with Crippen molar-refractivity contribution in [2.45, 2.75) is 69.8 Å². The second-order valence-corrected chi connectivity index (χ2v) is 10.4. The van der Waals surface area contributed by atoms with Gasteiger partial charge in [0.2, 0.25) is 0 Å². The lowest BCUT2D eigenvalue weighted by atomic mass is 9.74. The Morgan fingerprint density at radius 3 is 1.93 bits per heavy atom. The molecule has 1 aliphatic heterocycles. The first-order chi connectivity index (χ1) is 20.0. The van der Waals surface area contributed by atoms with Crippen LogP contribution in [0.25, 0.3) is 0 Å². The molecular weight excluding hydrogens is 599 g/mol. The van der Waals surface area contributed by atoms with Crippen molar-refractivity contribution in [2.75, 3.05) is 18.6 Å². The molecule has 2 aromatic rings. The fraction of sp³-hybridized carbons (Fsp3) is 0.500. The third-order valence-corrected chi connectivity index (χ3v) is 7.71. The van der Waals surface area contributed by atoms with Crippen molar-refractivity contribution in [3.8, 4) is 0 Å². The lowest BCUT2D eigenvalue weighted by molar-refractivity contribution is -0.143. The van der Waals surface area contributed by atoms with Gasteiger partial charge in [-0.2, -0.15) is 39.5 Å². The van der Waals surface area contributed by atoms with Crippen LogP contribution in [0, 0.1) is 5.92 Å². The number of hydrogen-bond donors (Lipinski definition) is 0. The maximum Gasteiger partial charge on any atom is 0.416 e. The van der Waals surface area contributed by atoms with Crippen LogP contribution in [0.3, 0.4) is 0 Å². The summed E-state index contributed by atoms with van der Waals surface area (Å²) >= 11 is 0. The van der Waals surface area contributed by atoms with E-state index in [-0.39, 0.29) is 36.3 Å². The molecule has 43 heavy (non-hydrogen) atoms. The van der Waals surface area contributed by atoms with E-state index in [1.165, 1.54) is 4.90 Å². The fourth-order valence-corrected chi connectivity index (χ4v) is 5.53. The number of carbonyl (C=O) groups is 2. The number of alkyl halides is 9. The Kier molecular flexibility index (Phi) is 8.85. The van der Waals surface area contributed by atoms with Gasteiger partial charge in [-0.05, 0) is 79.6 Å². The van der Waals surface area contributed by atoms with E-state index < -0.39 is 71.6 Å². The first kappa shape index (κ1) is 32.3. The third-order valence-electron chi connectivity index (χ3n) is 7.71. The average Bonchev–Trinajstić information content (AvgIpc) is 2.88. The zero-order valence-corrected chi connectivity index (χ0v) is 22.9. The van der Waals surface area contributed by atoms with Crippen LogP contribution in [0.2, 0.25) is 0 Å². The van der Waals surface area contributed by atoms with Crippen LogP contribution in [0.5, 0.6) is 0 Å². The molecule has 0 aromatic heterocycles. The summed E-state index contributed by atoms with van der Waals surface area (Å²) in [4.78, 5) is 28.2. The molecule has 0 saturated heterocycles. The highest BCUT2D eigenvalue weighted by molar-refractivity contribution is 5.90. The van der Waals surface area contributed by atoms with Crippen LogP contribution in [0.1, 0.15) is 66.5 Å². The number of ether oxygens (including phenoxy) is 2. The maximum absolute atomic E-state index is 13.8. The summed E-state index contributed by atoms with van der Waals surface area (Å²) in [6.45, 7) is 0.633. The first-order valence-electron chi connectivity index (χ1n) is 13.3. The number of rotatable bonds is 5. The van der Waals surface area contributed by atoms with Gasteiger partial charge in [-0.3, -0.25) is 9.80 Å². The van der Waals surface area contributed by atoms with E-state index in [2.05, 4.69) is 0 Å². The quantitative estimate of drug-likeness (QED) is 0.312. The molecule has 0 radical (unpaired) electrons. The summed E-state index contributed by atoms with van der Waals surface area (Å²) in [5, 5.41) is 0. The summed E-state index contributed by atoms with van der Waals surface area (Å²) in [6, 6.07) is 1.31. The number of nitrogens with zero attached hydrogens (tertiary/aromatic N) is 2. The van der Waals surface area contributed by atoms with Crippen molar-refractivity contribution >= 4 is 17.9 Å². The van der Waals surface area contributed by atoms with Crippen LogP contribution in [-0.2, 0) is 34.5 Å². The molecule has 0 bridgehead atoms. The molecule has 1 saturated carbocycles. The predicted octanol–water partition coefficient (Wildman–Crippen LogP) is 8.59. The van der Waals surface area contributed by atoms with Crippen LogP contribution in [-0.4, -0.2) is 36.8 Å². The first-order valence-corrected chi connectivity index (χ1v) is 13.3. The van der Waals surface area contributed by atoms with Crippen LogP contribution >= 0.6 is 0 Å². The number of carbonyl (C=O) groups excluding carboxylic acids is 2. The number of fused-ring (bicyclic) bond motifs is 1. The van der Waals surface area contributed by atoms with Gasteiger partial charge in [-0.25, -0.2) is 9.59 Å². The molecule has 1 fully saturated rings. The van der Waals surface area contributed by atoms with Crippen molar-refractivity contribution in [3.63, 3.8) is 0 Å². The molecule has 1 aliphatic carbocycles. The number of methoxy groups -OCH3 is 1. The Labute approximate surface area is 240 Å². The minimum Gasteiger partial charge on any atom is -0.453 e. The van der Waals surface area contributed by atoms with Gasteiger partial charge in [-0.1, -0.05) is 6.42 Å². The van der Waals surface area contributed by atoms with Gasteiger partial charge in [0.05, 0.1) is 42.1 Å². The van der Waals surface area contributed by atoms with Crippen LogP contribution < -0.4 is 4.90 Å². The molecule has 236 valence electrons. The SMILES string of the molecule is CCOC(=O)N1c2ccc(C(F)(F)F)cc2[C@@H](N(Cc2cc(C(F)(F)F)cc(C(F)(F)F)c2)C(=O)OC)C[C@H]1C1CCC1. The topological polar surface area (TPSA) is 59.1 Å². The maximum atomic E-state index is 13.8. The molecule has 0 N–H and O–H groups in total. The van der Waals surface area contributed by atoms with Gasteiger partial charge in [0.25, 0.3) is 0 Å². The van der Waals surface area contributed by atoms with E-state index in [4.69, 9.17) is 9.47 Å². The molecule has 2 amide bonds. The Morgan fingerprint density at radius 1 is 0.884 bits per heavy atom. The van der Waals surface area contributed by atoms with Gasteiger partial charge in [0, 0.05) is 12.6 Å². The minimum absolute atomic E-state index is 0.0199. The largest absolute Gasteiger partial charge is 0.453 e. The Bertz CT molecular complexity index is 1320. The van der Waals surface area contributed by atoms with Gasteiger partial charge in [0.1, 0.15) is 0 Å². The van der Waals surface area contributed by atoms with Gasteiger partial charge < -0.3 is 9.47 Å². The standard InChI is InChI=1S/C28H27F9N2O4/c1-3-43-25(41)39-21-8-7-17(26(29,30)31)12-20(21)23(13-22(39)16-5-4-6-16)38(24(40)42-2)14-15-9-18(27(32,33)34)11-19(10-15)28(35,36)37/h7-12,16,22-23H,3-6,13-14H2,1-2H3/t22-,23-/m0/s1. The number of benzene rings is 2. The highest BCUT2D eigenvalue weighted by Crippen LogP contribution is 2.49. The van der Waals surface area contributed by atoms with Crippen molar-refractivity contribution in [3.05, 3.63) is 64.2 Å². The summed E-state index contributed by atoms with van der Waals surface area (Å²) < 4.78 is 133. The second kappa shape index (κ2) is 11.8. The number of halogens is 9. The van der Waals surface area contributed by atoms with Crippen LogP contribution in [0.15, 0.2) is 36.4 Å². The van der Waals surface area contributed by atoms with Crippen molar-refractivity contribution in [1.82, 2.24) is 4.90 Å². The zero-order chi connectivity index (χ0) is 31.9. The van der Waals surface area contributed by atoms with Crippen LogP contribution in [0.4, 0.5) is 54.8 Å². The monoisotopic (exact) mass is 626 g/mol. The number of anilines is 1. The second-order valence-electron chi connectivity index (χ2n) is 10.4. The summed E-state index contributed by atoms with van der Waals surface area (Å²) in [5.41, 5.74) is -5.15. The van der Waals surface area contributed by atoms with Gasteiger partial charge in [0.15, 0.2) is 0 Å². The van der Waals surface area contributed by atoms with Crippen molar-refractivity contribution in [1.29, 1.82) is 0 Å². The van der Waals surface area contributed by atoms with Gasteiger partial charge in [-0.15, -0.1) is 0 Å². The Balaban J connectivity index is 1.89. The molecule has 2 aliphatic rings. The normalized spacial score (nSPS) is 19.4. The molecule has 1 heterocycles. The lowest BCUT2D eigenvalue weighted by Crippen LogP contribution is -2.53. The molecule has 0 unspecified atom stereocenters. The molecule has 2 aromatic carbocycles. The van der Waals surface area contributed by atoms with E-state index in [1.54, 1.807) is 6.92 Å². The molecule has 2 atom stereocenters. The lowest BCUT2D eigenvalue weighted by Gasteiger charge is -2.48.